The van der Waals surface area contributed by atoms with Gasteiger partial charge in [0.2, 0.25) is 0 Å². The van der Waals surface area contributed by atoms with Gasteiger partial charge in [-0.25, -0.2) is 0 Å². The van der Waals surface area contributed by atoms with Crippen LogP contribution in [0.25, 0.3) is 0 Å². The summed E-state index contributed by atoms with van der Waals surface area (Å²) in [6.07, 6.45) is -10.2. The lowest BCUT2D eigenvalue weighted by molar-refractivity contribution is -0.345. The van der Waals surface area contributed by atoms with E-state index >= 15 is 0 Å². The predicted octanol–water partition coefficient (Wildman–Crippen LogP) is 5.87. The minimum absolute atomic E-state index is 0.0538. The van der Waals surface area contributed by atoms with Crippen LogP contribution in [0.15, 0.2) is 121 Å². The third-order valence-electron chi connectivity index (χ3n) is 10.0. The number of benzene rings is 4. The molecule has 0 saturated carbocycles. The van der Waals surface area contributed by atoms with Crippen molar-refractivity contribution >= 4 is 17.9 Å². The molecule has 14 heteroatoms. The molecule has 2 heterocycles. The number of carbonyl (C=O) groups is 3. The van der Waals surface area contributed by atoms with Crippen LogP contribution in [0.4, 0.5) is 0 Å². The van der Waals surface area contributed by atoms with Gasteiger partial charge in [-0.2, -0.15) is 0 Å². The third-order valence-corrected chi connectivity index (χ3v) is 10.0. The highest BCUT2D eigenvalue weighted by atomic mass is 16.8. The Kier molecular flexibility index (Phi) is 17.3. The Morgan fingerprint density at radius 3 is 1.23 bits per heavy atom. The first-order valence-electron chi connectivity index (χ1n) is 20.2. The Morgan fingerprint density at radius 1 is 0.426 bits per heavy atom. The van der Waals surface area contributed by atoms with E-state index in [1.54, 1.807) is 0 Å². The summed E-state index contributed by atoms with van der Waals surface area (Å²) in [6.45, 7) is 3.88. The fourth-order valence-electron chi connectivity index (χ4n) is 7.21. The molecule has 14 nitrogen and oxygen atoms in total. The van der Waals surface area contributed by atoms with Crippen LogP contribution in [0, 0.1) is 0 Å². The second-order valence-corrected chi connectivity index (χ2v) is 14.7. The van der Waals surface area contributed by atoms with Crippen molar-refractivity contribution in [1.82, 2.24) is 0 Å². The van der Waals surface area contributed by atoms with E-state index in [0.29, 0.717) is 0 Å². The van der Waals surface area contributed by atoms with Gasteiger partial charge in [-0.15, -0.1) is 0 Å². The molecule has 0 unspecified atom stereocenters. The highest BCUT2D eigenvalue weighted by molar-refractivity contribution is 5.68. The maximum absolute atomic E-state index is 12.7. The monoisotopic (exact) mass is 842 g/mol. The minimum Gasteiger partial charge on any atom is -0.463 e. The minimum atomic E-state index is -1.28. The van der Waals surface area contributed by atoms with Crippen LogP contribution in [0.5, 0.6) is 0 Å². The lowest BCUT2D eigenvalue weighted by Gasteiger charge is -2.47. The Hall–Kier alpha value is -5.03. The van der Waals surface area contributed by atoms with E-state index in [0.717, 1.165) is 22.3 Å². The zero-order valence-electron chi connectivity index (χ0n) is 34.8. The first kappa shape index (κ1) is 45.5. The summed E-state index contributed by atoms with van der Waals surface area (Å²) < 4.78 is 68.9. The first-order chi connectivity index (χ1) is 29.7. The van der Waals surface area contributed by atoms with Gasteiger partial charge in [0.25, 0.3) is 0 Å². The molecule has 2 aliphatic rings. The second-order valence-electron chi connectivity index (χ2n) is 14.7. The fraction of sp³-hybridized carbons (Fsp3) is 0.426. The van der Waals surface area contributed by atoms with Crippen molar-refractivity contribution in [2.75, 3.05) is 20.3 Å². The van der Waals surface area contributed by atoms with Gasteiger partial charge in [-0.05, 0) is 22.3 Å². The molecule has 4 aromatic carbocycles. The van der Waals surface area contributed by atoms with Crippen molar-refractivity contribution < 1.29 is 66.5 Å². The standard InChI is InChI=1S/C47H54O14/c1-31(48)52-29-39-41(58-32(2)49)43(59-33(3)50)45(56-28-37-23-15-8-16-24-37)47(61-39)57-30-38-40(53-25-34-17-9-5-10-18-34)42(54-26-35-19-11-6-12-20-35)44(46(51-4)60-38)55-27-36-21-13-7-14-22-36/h5-24,38-47H,25-30H2,1-4H3/t38-,39-,40-,41-,42+,43+,44-,45-,46+,47+/m1/s1. The molecule has 0 N–H and O–H groups in total. The van der Waals surface area contributed by atoms with Crippen molar-refractivity contribution in [3.63, 3.8) is 0 Å². The van der Waals surface area contributed by atoms with Gasteiger partial charge in [-0.3, -0.25) is 14.4 Å². The molecule has 0 aliphatic carbocycles. The van der Waals surface area contributed by atoms with E-state index in [1.807, 2.05) is 121 Å². The van der Waals surface area contributed by atoms with Crippen LogP contribution < -0.4 is 0 Å². The van der Waals surface area contributed by atoms with Gasteiger partial charge in [0, 0.05) is 27.9 Å². The number of hydrogen-bond donors (Lipinski definition) is 0. The number of esters is 3. The van der Waals surface area contributed by atoms with Gasteiger partial charge in [0.1, 0.15) is 43.2 Å². The Labute approximate surface area is 356 Å². The van der Waals surface area contributed by atoms with Crippen molar-refractivity contribution in [2.45, 2.75) is 109 Å². The molecule has 6 rings (SSSR count). The lowest BCUT2D eigenvalue weighted by Crippen LogP contribution is -2.64. The average molecular weight is 843 g/mol. The largest absolute Gasteiger partial charge is 0.463 e. The highest BCUT2D eigenvalue weighted by Gasteiger charge is 2.53. The summed E-state index contributed by atoms with van der Waals surface area (Å²) in [5.41, 5.74) is 3.60. The Morgan fingerprint density at radius 2 is 0.803 bits per heavy atom. The average Bonchev–Trinajstić information content (AvgIpc) is 3.27. The molecule has 0 radical (unpaired) electrons. The molecule has 0 amide bonds. The molecule has 10 atom stereocenters. The van der Waals surface area contributed by atoms with E-state index in [-0.39, 0.29) is 39.6 Å². The summed E-state index contributed by atoms with van der Waals surface area (Å²) in [5.74, 6) is -1.94. The van der Waals surface area contributed by atoms with Gasteiger partial charge in [-0.1, -0.05) is 121 Å². The maximum atomic E-state index is 12.7. The molecule has 2 aliphatic heterocycles. The van der Waals surface area contributed by atoms with Crippen LogP contribution >= 0.6 is 0 Å². The first-order valence-corrected chi connectivity index (χ1v) is 20.2. The number of methoxy groups -OCH3 is 1. The molecule has 61 heavy (non-hydrogen) atoms. The molecule has 2 fully saturated rings. The van der Waals surface area contributed by atoms with Crippen LogP contribution in [-0.2, 0) is 92.9 Å². The van der Waals surface area contributed by atoms with Crippen LogP contribution in [-0.4, -0.2) is 99.6 Å². The molecule has 0 aromatic heterocycles. The van der Waals surface area contributed by atoms with Gasteiger partial charge >= 0.3 is 17.9 Å². The van der Waals surface area contributed by atoms with Crippen LogP contribution in [0.3, 0.4) is 0 Å². The van der Waals surface area contributed by atoms with E-state index in [4.69, 9.17) is 52.1 Å². The zero-order chi connectivity index (χ0) is 43.0. The number of rotatable bonds is 20. The topological polar surface area (TPSA) is 153 Å². The molecular weight excluding hydrogens is 789 g/mol. The molecule has 0 bridgehead atoms. The lowest BCUT2D eigenvalue weighted by atomic mass is 9.97. The normalized spacial score (nSPS) is 26.2. The quantitative estimate of drug-likeness (QED) is 0.0771. The Balaban J connectivity index is 1.33. The summed E-state index contributed by atoms with van der Waals surface area (Å²) in [6, 6.07) is 38.5. The Bertz CT molecular complexity index is 1920. The number of ether oxygens (including phenoxy) is 11. The molecule has 0 spiro atoms. The molecule has 2 saturated heterocycles. The predicted molar refractivity (Wildman–Crippen MR) is 218 cm³/mol. The van der Waals surface area contributed by atoms with Gasteiger partial charge in [0.05, 0.1) is 33.0 Å². The van der Waals surface area contributed by atoms with E-state index in [1.165, 1.54) is 27.9 Å². The molecule has 4 aromatic rings. The maximum Gasteiger partial charge on any atom is 0.303 e. The van der Waals surface area contributed by atoms with Crippen molar-refractivity contribution in [1.29, 1.82) is 0 Å². The van der Waals surface area contributed by atoms with Crippen molar-refractivity contribution in [3.05, 3.63) is 144 Å². The summed E-state index contributed by atoms with van der Waals surface area (Å²) in [4.78, 5) is 37.1. The third kappa shape index (κ3) is 13.5. The SMILES string of the molecule is CO[C@H]1O[C@H](CO[C@H]2O[C@H](COC(C)=O)[C@@H](OC(C)=O)[C@H](OC(C)=O)[C@H]2OCc2ccccc2)[C@@H](OCc2ccccc2)[C@H](OCc2ccccc2)[C@H]1OCc1ccccc1. The van der Waals surface area contributed by atoms with Crippen LogP contribution in [0.2, 0.25) is 0 Å². The number of carbonyl (C=O) groups excluding carboxylic acids is 3. The fourth-order valence-corrected chi connectivity index (χ4v) is 7.21. The van der Waals surface area contributed by atoms with Gasteiger partial charge in [0.15, 0.2) is 24.8 Å². The summed E-state index contributed by atoms with van der Waals surface area (Å²) in [7, 11) is 1.52. The summed E-state index contributed by atoms with van der Waals surface area (Å²) >= 11 is 0. The zero-order valence-corrected chi connectivity index (χ0v) is 34.8. The second kappa shape index (κ2) is 23.3. The van der Waals surface area contributed by atoms with E-state index < -0.39 is 79.3 Å². The van der Waals surface area contributed by atoms with Gasteiger partial charge < -0.3 is 52.1 Å². The highest BCUT2D eigenvalue weighted by Crippen LogP contribution is 2.34. The molecular formula is C47H54O14. The molecule has 326 valence electrons. The van der Waals surface area contributed by atoms with E-state index in [2.05, 4.69) is 0 Å². The van der Waals surface area contributed by atoms with Crippen molar-refractivity contribution in [3.8, 4) is 0 Å². The van der Waals surface area contributed by atoms with Crippen LogP contribution in [0.1, 0.15) is 43.0 Å². The summed E-state index contributed by atoms with van der Waals surface area (Å²) in [5, 5.41) is 0. The smallest absolute Gasteiger partial charge is 0.303 e. The van der Waals surface area contributed by atoms with Crippen molar-refractivity contribution in [2.24, 2.45) is 0 Å². The number of hydrogen-bond acceptors (Lipinski definition) is 14. The van der Waals surface area contributed by atoms with E-state index in [9.17, 15) is 14.4 Å².